The molecule has 0 atom stereocenters. The maximum absolute atomic E-state index is 13.4. The average Bonchev–Trinajstić information content (AvgIpc) is 2.28. The summed E-state index contributed by atoms with van der Waals surface area (Å²) >= 11 is 11.5. The normalized spacial score (nSPS) is 10.4. The Morgan fingerprint density at radius 3 is 2.33 bits per heavy atom. The summed E-state index contributed by atoms with van der Waals surface area (Å²) in [7, 11) is 0. The summed E-state index contributed by atoms with van der Waals surface area (Å²) in [5.41, 5.74) is 0. The maximum atomic E-state index is 13.4. The summed E-state index contributed by atoms with van der Waals surface area (Å²) in [5.74, 6) is -2.86. The third-order valence-corrected chi connectivity index (χ3v) is 2.84. The van der Waals surface area contributed by atoms with Crippen LogP contribution < -0.4 is 4.74 Å². The Balaban J connectivity index is 2.37. The number of phenols is 1. The molecule has 0 aliphatic rings. The first-order valence-corrected chi connectivity index (χ1v) is 5.54. The summed E-state index contributed by atoms with van der Waals surface area (Å²) in [6, 6.07) is 5.60. The molecule has 0 saturated heterocycles. The molecule has 2 aromatic carbocycles. The molecule has 2 nitrogen and oxygen atoms in total. The second-order valence-electron chi connectivity index (χ2n) is 3.41. The highest BCUT2D eigenvalue weighted by Gasteiger charge is 2.13. The van der Waals surface area contributed by atoms with Gasteiger partial charge in [-0.1, -0.05) is 23.2 Å². The van der Waals surface area contributed by atoms with Gasteiger partial charge in [-0.2, -0.15) is 0 Å². The van der Waals surface area contributed by atoms with Gasteiger partial charge in [0.25, 0.3) is 0 Å². The van der Waals surface area contributed by atoms with E-state index in [0.717, 1.165) is 6.07 Å². The number of ether oxygens (including phenoxy) is 1. The quantitative estimate of drug-likeness (QED) is 0.863. The molecule has 0 saturated carbocycles. The Kier molecular flexibility index (Phi) is 3.59. The largest absolute Gasteiger partial charge is 0.504 e. The molecule has 0 amide bonds. The lowest BCUT2D eigenvalue weighted by molar-refractivity contribution is 0.383. The van der Waals surface area contributed by atoms with Crippen LogP contribution in [0.4, 0.5) is 8.78 Å². The van der Waals surface area contributed by atoms with Crippen LogP contribution in [-0.2, 0) is 0 Å². The highest BCUT2D eigenvalue weighted by molar-refractivity contribution is 6.42. The molecule has 0 bridgehead atoms. The van der Waals surface area contributed by atoms with Crippen molar-refractivity contribution in [2.24, 2.45) is 0 Å². The number of rotatable bonds is 2. The van der Waals surface area contributed by atoms with Crippen LogP contribution in [0.15, 0.2) is 30.3 Å². The topological polar surface area (TPSA) is 29.5 Å². The summed E-state index contributed by atoms with van der Waals surface area (Å²) < 4.78 is 31.3. The third kappa shape index (κ3) is 2.66. The van der Waals surface area contributed by atoms with Gasteiger partial charge in [0.2, 0.25) is 5.75 Å². The zero-order valence-electron chi connectivity index (χ0n) is 8.75. The summed E-state index contributed by atoms with van der Waals surface area (Å²) in [4.78, 5) is 0. The average molecular weight is 291 g/mol. The SMILES string of the molecule is Oc1cc(F)cc(F)c1Oc1ccc(Cl)c(Cl)c1. The number of hydrogen-bond donors (Lipinski definition) is 1. The van der Waals surface area contributed by atoms with Gasteiger partial charge in [0.15, 0.2) is 11.6 Å². The first kappa shape index (κ1) is 12.9. The van der Waals surface area contributed by atoms with Crippen LogP contribution >= 0.6 is 23.2 Å². The molecule has 0 aliphatic heterocycles. The minimum absolute atomic E-state index is 0.171. The van der Waals surface area contributed by atoms with Crippen LogP contribution in [0.25, 0.3) is 0 Å². The van der Waals surface area contributed by atoms with Gasteiger partial charge in [0.1, 0.15) is 11.6 Å². The van der Waals surface area contributed by atoms with Crippen molar-refractivity contribution in [3.63, 3.8) is 0 Å². The standard InChI is InChI=1S/C12H6Cl2F2O2/c13-8-2-1-7(5-9(8)14)18-12-10(16)3-6(15)4-11(12)17/h1-5,17H. The van der Waals surface area contributed by atoms with Crippen molar-refractivity contribution < 1.29 is 18.6 Å². The van der Waals surface area contributed by atoms with E-state index in [-0.39, 0.29) is 10.8 Å². The molecule has 0 aromatic heterocycles. The van der Waals surface area contributed by atoms with Crippen molar-refractivity contribution in [1.29, 1.82) is 0 Å². The lowest BCUT2D eigenvalue weighted by Crippen LogP contribution is -1.91. The lowest BCUT2D eigenvalue weighted by atomic mass is 10.3. The van der Waals surface area contributed by atoms with Gasteiger partial charge in [-0.3, -0.25) is 0 Å². The van der Waals surface area contributed by atoms with E-state index in [1.165, 1.54) is 18.2 Å². The minimum Gasteiger partial charge on any atom is -0.504 e. The van der Waals surface area contributed by atoms with E-state index in [4.69, 9.17) is 27.9 Å². The molecule has 6 heteroatoms. The van der Waals surface area contributed by atoms with Crippen LogP contribution in [0, 0.1) is 11.6 Å². The number of aromatic hydroxyl groups is 1. The van der Waals surface area contributed by atoms with E-state index in [2.05, 4.69) is 0 Å². The molecule has 0 aliphatic carbocycles. The van der Waals surface area contributed by atoms with Gasteiger partial charge in [-0.05, 0) is 12.1 Å². The van der Waals surface area contributed by atoms with E-state index < -0.39 is 23.1 Å². The second-order valence-corrected chi connectivity index (χ2v) is 4.23. The van der Waals surface area contributed by atoms with Crippen LogP contribution in [0.3, 0.4) is 0 Å². The Morgan fingerprint density at radius 1 is 1.00 bits per heavy atom. The van der Waals surface area contributed by atoms with Crippen LogP contribution in [-0.4, -0.2) is 5.11 Å². The Morgan fingerprint density at radius 2 is 1.72 bits per heavy atom. The third-order valence-electron chi connectivity index (χ3n) is 2.10. The number of hydrogen-bond acceptors (Lipinski definition) is 2. The molecule has 94 valence electrons. The fourth-order valence-corrected chi connectivity index (χ4v) is 1.59. The molecule has 2 aromatic rings. The molecule has 0 radical (unpaired) electrons. The predicted molar refractivity (Wildman–Crippen MR) is 64.6 cm³/mol. The molecule has 18 heavy (non-hydrogen) atoms. The lowest BCUT2D eigenvalue weighted by Gasteiger charge is -2.09. The first-order chi connectivity index (χ1) is 8.47. The van der Waals surface area contributed by atoms with Gasteiger partial charge < -0.3 is 9.84 Å². The number of benzene rings is 2. The molecular weight excluding hydrogens is 285 g/mol. The molecule has 0 heterocycles. The van der Waals surface area contributed by atoms with Crippen molar-refractivity contribution in [2.75, 3.05) is 0 Å². The molecule has 1 N–H and O–H groups in total. The van der Waals surface area contributed by atoms with Crippen LogP contribution in [0.2, 0.25) is 10.0 Å². The second kappa shape index (κ2) is 5.00. The molecular formula is C12H6Cl2F2O2. The zero-order chi connectivity index (χ0) is 13.3. The molecule has 0 spiro atoms. The highest BCUT2D eigenvalue weighted by Crippen LogP contribution is 2.36. The fourth-order valence-electron chi connectivity index (χ4n) is 1.31. The Labute approximate surface area is 111 Å². The Hall–Kier alpha value is -1.52. The molecule has 2 rings (SSSR count). The monoisotopic (exact) mass is 290 g/mol. The van der Waals surface area contributed by atoms with Crippen molar-refractivity contribution in [2.45, 2.75) is 0 Å². The van der Waals surface area contributed by atoms with E-state index in [1.54, 1.807) is 0 Å². The smallest absolute Gasteiger partial charge is 0.204 e. The van der Waals surface area contributed by atoms with E-state index in [0.29, 0.717) is 11.1 Å². The van der Waals surface area contributed by atoms with E-state index in [1.807, 2.05) is 0 Å². The van der Waals surface area contributed by atoms with Gasteiger partial charge in [-0.25, -0.2) is 8.78 Å². The van der Waals surface area contributed by atoms with Crippen LogP contribution in [0.1, 0.15) is 0 Å². The zero-order valence-corrected chi connectivity index (χ0v) is 10.3. The van der Waals surface area contributed by atoms with E-state index >= 15 is 0 Å². The molecule has 0 unspecified atom stereocenters. The van der Waals surface area contributed by atoms with Crippen molar-refractivity contribution in [1.82, 2.24) is 0 Å². The van der Waals surface area contributed by atoms with E-state index in [9.17, 15) is 13.9 Å². The predicted octanol–water partition coefficient (Wildman–Crippen LogP) is 4.77. The van der Waals surface area contributed by atoms with Gasteiger partial charge in [0.05, 0.1) is 10.0 Å². The molecule has 0 fully saturated rings. The van der Waals surface area contributed by atoms with Crippen LogP contribution in [0.5, 0.6) is 17.2 Å². The maximum Gasteiger partial charge on any atom is 0.204 e. The van der Waals surface area contributed by atoms with Crippen molar-refractivity contribution >= 4 is 23.2 Å². The summed E-state index contributed by atoms with van der Waals surface area (Å²) in [6.07, 6.45) is 0. The Bertz CT molecular complexity index is 580. The fraction of sp³-hybridized carbons (Fsp3) is 0. The van der Waals surface area contributed by atoms with Gasteiger partial charge >= 0.3 is 0 Å². The minimum atomic E-state index is -1.02. The van der Waals surface area contributed by atoms with Gasteiger partial charge in [-0.15, -0.1) is 0 Å². The summed E-state index contributed by atoms with van der Waals surface area (Å²) in [6.45, 7) is 0. The summed E-state index contributed by atoms with van der Waals surface area (Å²) in [5, 5.41) is 9.92. The first-order valence-electron chi connectivity index (χ1n) is 4.78. The van der Waals surface area contributed by atoms with Gasteiger partial charge in [0, 0.05) is 18.2 Å². The van der Waals surface area contributed by atoms with Crippen molar-refractivity contribution in [3.05, 3.63) is 52.0 Å². The van der Waals surface area contributed by atoms with Crippen molar-refractivity contribution in [3.8, 4) is 17.2 Å². The highest BCUT2D eigenvalue weighted by atomic mass is 35.5. The number of phenolic OH excluding ortho intramolecular Hbond substituents is 1. The number of halogens is 4.